The van der Waals surface area contributed by atoms with Crippen LogP contribution in [0.1, 0.15) is 0 Å². The van der Waals surface area contributed by atoms with Gasteiger partial charge < -0.3 is 15.0 Å². The number of nitrogens with one attached hydrogen (secondary N) is 1. The summed E-state index contributed by atoms with van der Waals surface area (Å²) in [6.07, 6.45) is 0. The first-order valence-electron chi connectivity index (χ1n) is 4.03. The molecule has 1 aliphatic rings. The highest BCUT2D eigenvalue weighted by atomic mass is 16.5. The molecule has 12 heavy (non-hydrogen) atoms. The number of nitrogens with zero attached hydrogens (tertiary/aromatic N) is 1. The van der Waals surface area contributed by atoms with E-state index in [0.717, 1.165) is 0 Å². The maximum absolute atomic E-state index is 11.2. The lowest BCUT2D eigenvalue weighted by atomic mass is 10.4. The zero-order chi connectivity index (χ0) is 8.81. The molecule has 0 atom stereocenters. The number of ether oxygens (including phenoxy) is 1. The van der Waals surface area contributed by atoms with Crippen LogP contribution in [-0.2, 0) is 9.84 Å². The molecule has 0 aromatic carbocycles. The SMILES string of the molecule is [O]CCNC(=O)N1CCOCC1. The van der Waals surface area contributed by atoms with Gasteiger partial charge in [-0.15, -0.1) is 0 Å². The van der Waals surface area contributed by atoms with E-state index < -0.39 is 0 Å². The van der Waals surface area contributed by atoms with Crippen molar-refractivity contribution in [1.29, 1.82) is 0 Å². The van der Waals surface area contributed by atoms with Gasteiger partial charge in [0, 0.05) is 19.6 Å². The summed E-state index contributed by atoms with van der Waals surface area (Å²) in [5, 5.41) is 12.6. The topological polar surface area (TPSA) is 61.5 Å². The lowest BCUT2D eigenvalue weighted by Crippen LogP contribution is -2.46. The lowest BCUT2D eigenvalue weighted by molar-refractivity contribution is 0.0526. The monoisotopic (exact) mass is 173 g/mol. The number of amides is 2. The third-order valence-electron chi connectivity index (χ3n) is 1.68. The van der Waals surface area contributed by atoms with Crippen LogP contribution in [0.3, 0.4) is 0 Å². The van der Waals surface area contributed by atoms with E-state index in [9.17, 15) is 9.90 Å². The van der Waals surface area contributed by atoms with Gasteiger partial charge in [-0.1, -0.05) is 0 Å². The summed E-state index contributed by atoms with van der Waals surface area (Å²) in [6.45, 7) is 2.34. The molecule has 1 fully saturated rings. The molecular formula is C7H13N2O3. The van der Waals surface area contributed by atoms with Crippen LogP contribution >= 0.6 is 0 Å². The molecular weight excluding hydrogens is 160 g/mol. The van der Waals surface area contributed by atoms with Gasteiger partial charge in [0.2, 0.25) is 0 Å². The van der Waals surface area contributed by atoms with Crippen LogP contribution in [0.2, 0.25) is 0 Å². The van der Waals surface area contributed by atoms with Gasteiger partial charge in [0.1, 0.15) is 0 Å². The Labute approximate surface area is 71.3 Å². The summed E-state index contributed by atoms with van der Waals surface area (Å²) in [5.41, 5.74) is 0. The van der Waals surface area contributed by atoms with E-state index in [1.807, 2.05) is 0 Å². The van der Waals surface area contributed by atoms with Crippen LogP contribution in [0.5, 0.6) is 0 Å². The minimum Gasteiger partial charge on any atom is -0.378 e. The molecule has 1 heterocycles. The minimum absolute atomic E-state index is 0.158. The molecule has 0 aromatic heterocycles. The van der Waals surface area contributed by atoms with Crippen LogP contribution in [0, 0.1) is 0 Å². The molecule has 1 saturated heterocycles. The first kappa shape index (κ1) is 9.28. The Morgan fingerprint density at radius 3 is 2.67 bits per heavy atom. The normalized spacial score (nSPS) is 17.6. The van der Waals surface area contributed by atoms with Gasteiger partial charge in [-0.05, 0) is 0 Å². The quantitative estimate of drug-likeness (QED) is 0.609. The minimum atomic E-state index is -0.268. The maximum Gasteiger partial charge on any atom is 0.317 e. The first-order valence-corrected chi connectivity index (χ1v) is 4.03. The van der Waals surface area contributed by atoms with Crippen molar-refractivity contribution in [2.75, 3.05) is 39.5 Å². The summed E-state index contributed by atoms with van der Waals surface area (Å²) in [4.78, 5) is 12.8. The zero-order valence-corrected chi connectivity index (χ0v) is 6.91. The highest BCUT2D eigenvalue weighted by Gasteiger charge is 2.15. The van der Waals surface area contributed by atoms with Gasteiger partial charge in [-0.3, -0.25) is 0 Å². The van der Waals surface area contributed by atoms with Crippen molar-refractivity contribution in [3.63, 3.8) is 0 Å². The Kier molecular flexibility index (Phi) is 3.83. The molecule has 69 valence electrons. The van der Waals surface area contributed by atoms with E-state index >= 15 is 0 Å². The van der Waals surface area contributed by atoms with Crippen molar-refractivity contribution in [2.24, 2.45) is 0 Å². The highest BCUT2D eigenvalue weighted by molar-refractivity contribution is 5.74. The molecule has 0 unspecified atom stereocenters. The van der Waals surface area contributed by atoms with Gasteiger partial charge in [0.15, 0.2) is 0 Å². The average molecular weight is 173 g/mol. The molecule has 0 saturated carbocycles. The molecule has 0 aromatic rings. The third kappa shape index (κ3) is 2.67. The third-order valence-corrected chi connectivity index (χ3v) is 1.68. The molecule has 1 radical (unpaired) electrons. The van der Waals surface area contributed by atoms with Crippen LogP contribution in [-0.4, -0.2) is 50.4 Å². The predicted molar refractivity (Wildman–Crippen MR) is 41.3 cm³/mol. The predicted octanol–water partition coefficient (Wildman–Crippen LogP) is -0.541. The second kappa shape index (κ2) is 4.95. The fourth-order valence-electron chi connectivity index (χ4n) is 1.04. The number of urea groups is 1. The fraction of sp³-hybridized carbons (Fsp3) is 0.857. The van der Waals surface area contributed by atoms with Crippen LogP contribution < -0.4 is 5.32 Å². The molecule has 5 nitrogen and oxygen atoms in total. The average Bonchev–Trinajstić information content (AvgIpc) is 2.15. The van der Waals surface area contributed by atoms with Crippen molar-refractivity contribution in [3.8, 4) is 0 Å². The van der Waals surface area contributed by atoms with Gasteiger partial charge in [0.25, 0.3) is 0 Å². The van der Waals surface area contributed by atoms with Crippen molar-refractivity contribution in [1.82, 2.24) is 10.2 Å². The molecule has 5 heteroatoms. The van der Waals surface area contributed by atoms with Crippen molar-refractivity contribution < 1.29 is 14.6 Å². The Morgan fingerprint density at radius 1 is 1.42 bits per heavy atom. The Morgan fingerprint density at radius 2 is 2.08 bits per heavy atom. The van der Waals surface area contributed by atoms with Gasteiger partial charge in [0.05, 0.1) is 19.8 Å². The second-order valence-electron chi connectivity index (χ2n) is 2.54. The maximum atomic E-state index is 11.2. The molecule has 1 N–H and O–H groups in total. The van der Waals surface area contributed by atoms with Gasteiger partial charge in [-0.2, -0.15) is 0 Å². The first-order chi connectivity index (χ1) is 5.84. The zero-order valence-electron chi connectivity index (χ0n) is 6.91. The smallest absolute Gasteiger partial charge is 0.317 e. The highest BCUT2D eigenvalue weighted by Crippen LogP contribution is 1.96. The number of rotatable bonds is 2. The summed E-state index contributed by atoms with van der Waals surface area (Å²) in [7, 11) is 0. The second-order valence-corrected chi connectivity index (χ2v) is 2.54. The molecule has 0 aliphatic carbocycles. The van der Waals surface area contributed by atoms with E-state index in [0.29, 0.717) is 26.3 Å². The summed E-state index contributed by atoms with van der Waals surface area (Å²) < 4.78 is 5.07. The summed E-state index contributed by atoms with van der Waals surface area (Å²) >= 11 is 0. The number of hydrogen-bond acceptors (Lipinski definition) is 2. The van der Waals surface area contributed by atoms with E-state index in [1.165, 1.54) is 0 Å². The molecule has 0 spiro atoms. The number of hydrogen-bond donors (Lipinski definition) is 1. The number of morpholine rings is 1. The fourth-order valence-corrected chi connectivity index (χ4v) is 1.04. The molecule has 1 aliphatic heterocycles. The van der Waals surface area contributed by atoms with E-state index in [1.54, 1.807) is 4.90 Å². The van der Waals surface area contributed by atoms with Crippen molar-refractivity contribution >= 4 is 6.03 Å². The lowest BCUT2D eigenvalue weighted by Gasteiger charge is -2.26. The van der Waals surface area contributed by atoms with Crippen LogP contribution in [0.15, 0.2) is 0 Å². The number of carbonyl (C=O) groups excluding carboxylic acids is 1. The van der Waals surface area contributed by atoms with Gasteiger partial charge >= 0.3 is 6.03 Å². The van der Waals surface area contributed by atoms with Crippen LogP contribution in [0.4, 0.5) is 4.79 Å². The van der Waals surface area contributed by atoms with E-state index in [4.69, 9.17) is 4.74 Å². The number of carbonyl (C=O) groups is 1. The molecule has 0 bridgehead atoms. The van der Waals surface area contributed by atoms with E-state index in [-0.39, 0.29) is 19.2 Å². The van der Waals surface area contributed by atoms with Crippen molar-refractivity contribution in [3.05, 3.63) is 0 Å². The van der Waals surface area contributed by atoms with Crippen molar-refractivity contribution in [2.45, 2.75) is 0 Å². The molecule has 2 amide bonds. The largest absolute Gasteiger partial charge is 0.378 e. The molecule has 1 rings (SSSR count). The Bertz CT molecular complexity index is 146. The Balaban J connectivity index is 2.20. The summed E-state index contributed by atoms with van der Waals surface area (Å²) in [6, 6.07) is -0.158. The Hall–Kier alpha value is -0.810. The van der Waals surface area contributed by atoms with Gasteiger partial charge in [-0.25, -0.2) is 9.90 Å². The standard InChI is InChI=1S/C7H13N2O3/c10-4-1-8-7(11)9-2-5-12-6-3-9/h1-6H2,(H,8,11). The van der Waals surface area contributed by atoms with E-state index in [2.05, 4.69) is 5.32 Å². The summed E-state index contributed by atoms with van der Waals surface area (Å²) in [5.74, 6) is 0. The van der Waals surface area contributed by atoms with Crippen LogP contribution in [0.25, 0.3) is 0 Å².